The number of carbonyl (C=O) groups excluding carboxylic acids is 1. The monoisotopic (exact) mass is 278 g/mol. The molecule has 1 N–H and O–H groups in total. The van der Waals surface area contributed by atoms with Crippen molar-refractivity contribution in [1.82, 2.24) is 0 Å². The topological polar surface area (TPSA) is 91.3 Å². The normalized spacial score (nSPS) is 11.3. The van der Waals surface area contributed by atoms with E-state index in [2.05, 4.69) is 0 Å². The fraction of sp³-hybridized carbons (Fsp3) is 0.833. The highest BCUT2D eigenvalue weighted by molar-refractivity contribution is 5.76. The Kier molecular flexibility index (Phi) is 9.11. The molecule has 0 rings (SSSR count). The molecule has 0 aromatic carbocycles. The van der Waals surface area contributed by atoms with Crippen LogP contribution >= 0.6 is 0 Å². The highest BCUT2D eigenvalue weighted by atomic mass is 16.9. The maximum atomic E-state index is 11.6. The second-order valence-electron chi connectivity index (χ2n) is 3.55. The number of rotatable bonds is 11. The lowest BCUT2D eigenvalue weighted by atomic mass is 10.3. The summed E-state index contributed by atoms with van der Waals surface area (Å²) in [5.74, 6) is -3.38. The van der Waals surface area contributed by atoms with Crippen molar-refractivity contribution in [2.45, 2.75) is 39.6 Å². The van der Waals surface area contributed by atoms with Gasteiger partial charge in [0.1, 0.15) is 6.61 Å². The van der Waals surface area contributed by atoms with Gasteiger partial charge in [0.05, 0.1) is 26.1 Å². The van der Waals surface area contributed by atoms with Gasteiger partial charge in [-0.1, -0.05) is 0 Å². The van der Waals surface area contributed by atoms with E-state index in [1.165, 1.54) is 0 Å². The minimum Gasteiger partial charge on any atom is -0.481 e. The zero-order valence-electron chi connectivity index (χ0n) is 11.6. The Morgan fingerprint density at radius 3 is 2.00 bits per heavy atom. The van der Waals surface area contributed by atoms with Crippen molar-refractivity contribution >= 4 is 11.9 Å². The van der Waals surface area contributed by atoms with Gasteiger partial charge in [-0.25, -0.2) is 0 Å². The molecule has 0 atom stereocenters. The standard InChI is InChI=1S/C12H22O7/c1-4-16-9-12(17-5-2,18-6-3)19-11(15)8-7-10(13)14/h4-9H2,1-3H3,(H,13,14). The molecule has 0 bridgehead atoms. The summed E-state index contributed by atoms with van der Waals surface area (Å²) in [6.07, 6.45) is -0.550. The molecule has 0 spiro atoms. The van der Waals surface area contributed by atoms with Crippen LogP contribution in [0.15, 0.2) is 0 Å². The van der Waals surface area contributed by atoms with Crippen molar-refractivity contribution in [2.75, 3.05) is 26.4 Å². The predicted molar refractivity (Wildman–Crippen MR) is 65.4 cm³/mol. The highest BCUT2D eigenvalue weighted by Gasteiger charge is 2.37. The van der Waals surface area contributed by atoms with E-state index in [-0.39, 0.29) is 32.7 Å². The first kappa shape index (κ1) is 17.8. The van der Waals surface area contributed by atoms with Gasteiger partial charge in [-0.3, -0.25) is 9.59 Å². The van der Waals surface area contributed by atoms with Gasteiger partial charge in [0.25, 0.3) is 0 Å². The molecular formula is C12H22O7. The Morgan fingerprint density at radius 1 is 1.00 bits per heavy atom. The number of hydrogen-bond acceptors (Lipinski definition) is 6. The number of ether oxygens (including phenoxy) is 4. The average molecular weight is 278 g/mol. The molecule has 0 aliphatic rings. The van der Waals surface area contributed by atoms with Gasteiger partial charge in [-0.2, -0.15) is 0 Å². The van der Waals surface area contributed by atoms with Crippen LogP contribution < -0.4 is 0 Å². The summed E-state index contributed by atoms with van der Waals surface area (Å²) in [5.41, 5.74) is 0. The minimum atomic E-state index is -1.60. The Labute approximate surface area is 112 Å². The first-order valence-corrected chi connectivity index (χ1v) is 6.29. The lowest BCUT2D eigenvalue weighted by molar-refractivity contribution is -0.375. The predicted octanol–water partition coefficient (Wildman–Crippen LogP) is 1.16. The Hall–Kier alpha value is -1.18. The molecule has 0 saturated carbocycles. The Bertz CT molecular complexity index is 271. The van der Waals surface area contributed by atoms with Gasteiger partial charge in [0, 0.05) is 6.61 Å². The summed E-state index contributed by atoms with van der Waals surface area (Å²) in [4.78, 5) is 22.0. The van der Waals surface area contributed by atoms with Gasteiger partial charge in [0.15, 0.2) is 0 Å². The summed E-state index contributed by atoms with van der Waals surface area (Å²) in [5, 5.41) is 8.51. The fourth-order valence-electron chi connectivity index (χ4n) is 1.31. The van der Waals surface area contributed by atoms with Crippen molar-refractivity contribution in [3.8, 4) is 0 Å². The van der Waals surface area contributed by atoms with Crippen LogP contribution in [-0.4, -0.2) is 49.4 Å². The number of hydrogen-bond donors (Lipinski definition) is 1. The molecule has 19 heavy (non-hydrogen) atoms. The quantitative estimate of drug-likeness (QED) is 0.448. The Morgan fingerprint density at radius 2 is 1.58 bits per heavy atom. The molecule has 0 aliphatic carbocycles. The summed E-state index contributed by atoms with van der Waals surface area (Å²) >= 11 is 0. The van der Waals surface area contributed by atoms with Crippen molar-refractivity contribution in [3.05, 3.63) is 0 Å². The van der Waals surface area contributed by atoms with Crippen LogP contribution in [0.2, 0.25) is 0 Å². The number of carbonyl (C=O) groups is 2. The smallest absolute Gasteiger partial charge is 0.353 e. The maximum absolute atomic E-state index is 11.6. The maximum Gasteiger partial charge on any atom is 0.353 e. The summed E-state index contributed by atoms with van der Waals surface area (Å²) in [6.45, 7) is 6.11. The number of carboxylic acids is 1. The summed E-state index contributed by atoms with van der Waals surface area (Å²) < 4.78 is 20.9. The molecule has 112 valence electrons. The molecule has 0 amide bonds. The second-order valence-corrected chi connectivity index (χ2v) is 3.55. The lowest BCUT2D eigenvalue weighted by Gasteiger charge is -2.31. The highest BCUT2D eigenvalue weighted by Crippen LogP contribution is 2.18. The van der Waals surface area contributed by atoms with Crippen LogP contribution in [0.25, 0.3) is 0 Å². The van der Waals surface area contributed by atoms with Gasteiger partial charge in [-0.15, -0.1) is 0 Å². The van der Waals surface area contributed by atoms with E-state index >= 15 is 0 Å². The zero-order chi connectivity index (χ0) is 14.7. The second kappa shape index (κ2) is 9.71. The molecule has 0 unspecified atom stereocenters. The van der Waals surface area contributed by atoms with Crippen LogP contribution in [0.3, 0.4) is 0 Å². The van der Waals surface area contributed by atoms with E-state index in [9.17, 15) is 9.59 Å². The first-order chi connectivity index (χ1) is 8.99. The third kappa shape index (κ3) is 7.76. The fourth-order valence-corrected chi connectivity index (χ4v) is 1.31. The van der Waals surface area contributed by atoms with Crippen LogP contribution in [0.4, 0.5) is 0 Å². The third-order valence-corrected chi connectivity index (χ3v) is 2.02. The van der Waals surface area contributed by atoms with E-state index in [4.69, 9.17) is 24.1 Å². The zero-order valence-corrected chi connectivity index (χ0v) is 11.6. The summed E-state index contributed by atoms with van der Waals surface area (Å²) in [7, 11) is 0. The third-order valence-electron chi connectivity index (χ3n) is 2.02. The van der Waals surface area contributed by atoms with Gasteiger partial charge >= 0.3 is 17.9 Å². The SMILES string of the molecule is CCOCC(OCC)(OCC)OC(=O)CCC(=O)O. The largest absolute Gasteiger partial charge is 0.481 e. The summed E-state index contributed by atoms with van der Waals surface area (Å²) in [6, 6.07) is 0. The van der Waals surface area contributed by atoms with Crippen molar-refractivity contribution in [2.24, 2.45) is 0 Å². The molecule has 0 radical (unpaired) electrons. The number of carboxylic acid groups (broad SMARTS) is 1. The average Bonchev–Trinajstić information content (AvgIpc) is 2.34. The van der Waals surface area contributed by atoms with Crippen molar-refractivity contribution in [1.29, 1.82) is 0 Å². The van der Waals surface area contributed by atoms with Crippen LogP contribution in [0, 0.1) is 0 Å². The molecule has 0 aromatic heterocycles. The molecule has 0 fully saturated rings. The van der Waals surface area contributed by atoms with Crippen LogP contribution in [-0.2, 0) is 28.5 Å². The van der Waals surface area contributed by atoms with Gasteiger partial charge < -0.3 is 24.1 Å². The molecular weight excluding hydrogens is 256 g/mol. The van der Waals surface area contributed by atoms with Crippen molar-refractivity contribution in [3.63, 3.8) is 0 Å². The van der Waals surface area contributed by atoms with E-state index < -0.39 is 17.9 Å². The van der Waals surface area contributed by atoms with Crippen LogP contribution in [0.1, 0.15) is 33.6 Å². The molecule has 7 heteroatoms. The molecule has 0 aromatic rings. The minimum absolute atomic E-state index is 0.0655. The molecule has 7 nitrogen and oxygen atoms in total. The van der Waals surface area contributed by atoms with Crippen molar-refractivity contribution < 1.29 is 33.6 Å². The molecule has 0 aliphatic heterocycles. The van der Waals surface area contributed by atoms with E-state index in [1.54, 1.807) is 20.8 Å². The number of esters is 1. The first-order valence-electron chi connectivity index (χ1n) is 6.29. The van der Waals surface area contributed by atoms with Crippen LogP contribution in [0.5, 0.6) is 0 Å². The molecule has 0 heterocycles. The lowest BCUT2D eigenvalue weighted by Crippen LogP contribution is -2.45. The van der Waals surface area contributed by atoms with Gasteiger partial charge in [-0.05, 0) is 20.8 Å². The van der Waals surface area contributed by atoms with E-state index in [0.717, 1.165) is 0 Å². The van der Waals surface area contributed by atoms with E-state index in [1.807, 2.05) is 0 Å². The van der Waals surface area contributed by atoms with E-state index in [0.29, 0.717) is 6.61 Å². The van der Waals surface area contributed by atoms with Gasteiger partial charge in [0.2, 0.25) is 0 Å². The Balaban J connectivity index is 4.59. The number of aliphatic carboxylic acids is 1. The molecule has 0 saturated heterocycles.